The predicted molar refractivity (Wildman–Crippen MR) is 66.2 cm³/mol. The lowest BCUT2D eigenvalue weighted by Crippen LogP contribution is -2.10. The van der Waals surface area contributed by atoms with E-state index in [-0.39, 0.29) is 10.9 Å². The van der Waals surface area contributed by atoms with Gasteiger partial charge in [0.15, 0.2) is 0 Å². The Morgan fingerprint density at radius 1 is 1.38 bits per heavy atom. The van der Waals surface area contributed by atoms with E-state index in [4.69, 9.17) is 17.0 Å². The minimum absolute atomic E-state index is 0.0446. The van der Waals surface area contributed by atoms with Gasteiger partial charge in [-0.2, -0.15) is 11.3 Å². The van der Waals surface area contributed by atoms with E-state index in [0.717, 1.165) is 5.56 Å². The predicted octanol–water partition coefficient (Wildman–Crippen LogP) is 3.98. The number of hydrogen-bond donors (Lipinski definition) is 2. The summed E-state index contributed by atoms with van der Waals surface area (Å²) in [5.74, 6) is -0.196. The second kappa shape index (κ2) is 4.63. The van der Waals surface area contributed by atoms with Crippen LogP contribution in [0.25, 0.3) is 0 Å². The van der Waals surface area contributed by atoms with Crippen LogP contribution >= 0.6 is 22.9 Å². The Balaban J connectivity index is 2.15. The quantitative estimate of drug-likeness (QED) is 0.617. The van der Waals surface area contributed by atoms with Crippen molar-refractivity contribution in [1.29, 1.82) is 5.41 Å². The fourth-order valence-corrected chi connectivity index (χ4v) is 2.02. The van der Waals surface area contributed by atoms with Crippen molar-refractivity contribution in [3.05, 3.63) is 51.4 Å². The summed E-state index contributed by atoms with van der Waals surface area (Å²) >= 11 is 7.16. The summed E-state index contributed by atoms with van der Waals surface area (Å²) in [6.07, 6.45) is 0. The Morgan fingerprint density at radius 2 is 2.19 bits per heavy atom. The van der Waals surface area contributed by atoms with Gasteiger partial charge in [0, 0.05) is 16.6 Å². The van der Waals surface area contributed by atoms with E-state index in [2.05, 4.69) is 5.32 Å². The molecule has 0 saturated carbocycles. The van der Waals surface area contributed by atoms with Crippen LogP contribution in [0.4, 0.5) is 10.1 Å². The van der Waals surface area contributed by atoms with Crippen molar-refractivity contribution >= 4 is 34.5 Å². The zero-order valence-corrected chi connectivity index (χ0v) is 9.70. The Morgan fingerprint density at radius 3 is 2.81 bits per heavy atom. The van der Waals surface area contributed by atoms with E-state index in [9.17, 15) is 4.39 Å². The van der Waals surface area contributed by atoms with Crippen molar-refractivity contribution in [2.45, 2.75) is 0 Å². The molecule has 1 aromatic heterocycles. The van der Waals surface area contributed by atoms with Gasteiger partial charge in [-0.25, -0.2) is 4.39 Å². The molecular weight excluding hydrogens is 247 g/mol. The zero-order chi connectivity index (χ0) is 11.5. The van der Waals surface area contributed by atoms with Crippen LogP contribution in [0.5, 0.6) is 0 Å². The first kappa shape index (κ1) is 11.1. The summed E-state index contributed by atoms with van der Waals surface area (Å²) in [5, 5.41) is 14.4. The van der Waals surface area contributed by atoms with Crippen molar-refractivity contribution in [1.82, 2.24) is 0 Å². The van der Waals surface area contributed by atoms with Crippen molar-refractivity contribution in [2.75, 3.05) is 5.32 Å². The van der Waals surface area contributed by atoms with Crippen molar-refractivity contribution < 1.29 is 4.39 Å². The Kier molecular flexibility index (Phi) is 3.22. The molecule has 0 bridgehead atoms. The van der Waals surface area contributed by atoms with Gasteiger partial charge >= 0.3 is 0 Å². The van der Waals surface area contributed by atoms with Crippen LogP contribution < -0.4 is 5.32 Å². The van der Waals surface area contributed by atoms with Crippen LogP contribution in [-0.4, -0.2) is 5.84 Å². The highest BCUT2D eigenvalue weighted by Gasteiger charge is 2.04. The molecule has 0 aliphatic carbocycles. The molecule has 0 fully saturated rings. The highest BCUT2D eigenvalue weighted by molar-refractivity contribution is 7.08. The molecule has 0 radical (unpaired) electrons. The molecule has 0 saturated heterocycles. The van der Waals surface area contributed by atoms with Crippen LogP contribution in [0.15, 0.2) is 35.0 Å². The molecule has 2 aromatic rings. The van der Waals surface area contributed by atoms with Crippen LogP contribution in [-0.2, 0) is 0 Å². The molecule has 0 aliphatic heterocycles. The Hall–Kier alpha value is -1.39. The van der Waals surface area contributed by atoms with Gasteiger partial charge in [-0.3, -0.25) is 5.41 Å². The van der Waals surface area contributed by atoms with E-state index in [1.165, 1.54) is 23.5 Å². The molecule has 1 aromatic carbocycles. The molecular formula is C11H8ClFN2S. The Labute approximate surface area is 101 Å². The van der Waals surface area contributed by atoms with Crippen LogP contribution in [0, 0.1) is 11.2 Å². The minimum atomic E-state index is -0.464. The van der Waals surface area contributed by atoms with Gasteiger partial charge in [0.25, 0.3) is 0 Å². The number of halogens is 2. The summed E-state index contributed by atoms with van der Waals surface area (Å²) in [7, 11) is 0. The third-order valence-electron chi connectivity index (χ3n) is 2.00. The number of amidine groups is 1. The Bertz CT molecular complexity index is 511. The average Bonchev–Trinajstić information content (AvgIpc) is 2.77. The van der Waals surface area contributed by atoms with E-state index in [1.807, 2.05) is 16.8 Å². The molecule has 5 heteroatoms. The minimum Gasteiger partial charge on any atom is -0.340 e. The van der Waals surface area contributed by atoms with Gasteiger partial charge in [0.05, 0.1) is 5.02 Å². The third-order valence-corrected chi connectivity index (χ3v) is 2.97. The lowest BCUT2D eigenvalue weighted by molar-refractivity contribution is 0.628. The maximum absolute atomic E-state index is 12.9. The number of rotatable bonds is 2. The number of hydrogen-bond acceptors (Lipinski definition) is 2. The van der Waals surface area contributed by atoms with Gasteiger partial charge in [0.2, 0.25) is 0 Å². The molecule has 0 unspecified atom stereocenters. The lowest BCUT2D eigenvalue weighted by atomic mass is 10.2. The van der Waals surface area contributed by atoms with Gasteiger partial charge in [-0.15, -0.1) is 0 Å². The van der Waals surface area contributed by atoms with E-state index in [0.29, 0.717) is 5.69 Å². The second-order valence-corrected chi connectivity index (χ2v) is 4.33. The maximum Gasteiger partial charge on any atom is 0.141 e. The monoisotopic (exact) mass is 254 g/mol. The molecule has 0 amide bonds. The third kappa shape index (κ3) is 2.40. The van der Waals surface area contributed by atoms with Gasteiger partial charge < -0.3 is 5.32 Å². The normalized spacial score (nSPS) is 10.1. The van der Waals surface area contributed by atoms with Gasteiger partial charge in [0.1, 0.15) is 11.7 Å². The van der Waals surface area contributed by atoms with Crippen molar-refractivity contribution in [3.8, 4) is 0 Å². The number of benzene rings is 1. The largest absolute Gasteiger partial charge is 0.340 e. The summed E-state index contributed by atoms with van der Waals surface area (Å²) in [4.78, 5) is 0. The van der Waals surface area contributed by atoms with E-state index in [1.54, 1.807) is 6.07 Å². The van der Waals surface area contributed by atoms with Crippen molar-refractivity contribution in [3.63, 3.8) is 0 Å². The average molecular weight is 255 g/mol. The smallest absolute Gasteiger partial charge is 0.141 e. The molecule has 0 atom stereocenters. The summed E-state index contributed by atoms with van der Waals surface area (Å²) in [6.45, 7) is 0. The number of nitrogens with one attached hydrogen (secondary N) is 2. The van der Waals surface area contributed by atoms with Crippen LogP contribution in [0.3, 0.4) is 0 Å². The fourth-order valence-electron chi connectivity index (χ4n) is 1.20. The first-order valence-electron chi connectivity index (χ1n) is 4.50. The van der Waals surface area contributed by atoms with E-state index >= 15 is 0 Å². The second-order valence-electron chi connectivity index (χ2n) is 3.14. The highest BCUT2D eigenvalue weighted by Crippen LogP contribution is 2.20. The summed E-state index contributed by atoms with van der Waals surface area (Å²) < 4.78 is 12.9. The maximum atomic E-state index is 12.9. The topological polar surface area (TPSA) is 35.9 Å². The molecule has 2 rings (SSSR count). The molecule has 0 aliphatic rings. The summed E-state index contributed by atoms with van der Waals surface area (Å²) in [5.41, 5.74) is 1.40. The zero-order valence-electron chi connectivity index (χ0n) is 8.13. The molecule has 82 valence electrons. The lowest BCUT2D eigenvalue weighted by Gasteiger charge is -2.06. The summed E-state index contributed by atoms with van der Waals surface area (Å²) in [6, 6.07) is 6.11. The number of thiophene rings is 1. The van der Waals surface area contributed by atoms with Gasteiger partial charge in [-0.05, 0) is 29.6 Å². The first-order valence-corrected chi connectivity index (χ1v) is 5.82. The van der Waals surface area contributed by atoms with Crippen molar-refractivity contribution in [2.24, 2.45) is 0 Å². The molecule has 2 N–H and O–H groups in total. The van der Waals surface area contributed by atoms with Crippen LogP contribution in [0.1, 0.15) is 5.56 Å². The molecule has 16 heavy (non-hydrogen) atoms. The fraction of sp³-hybridized carbons (Fsp3) is 0. The van der Waals surface area contributed by atoms with Crippen LogP contribution in [0.2, 0.25) is 5.02 Å². The number of anilines is 1. The highest BCUT2D eigenvalue weighted by atomic mass is 35.5. The standard InChI is InChI=1S/C11H8ClFN2S/c12-9-5-8(1-2-10(9)13)15-11(14)7-3-4-16-6-7/h1-6H,(H2,14,15). The molecule has 1 heterocycles. The first-order chi connectivity index (χ1) is 7.66. The molecule has 2 nitrogen and oxygen atoms in total. The SMILES string of the molecule is N=C(Nc1ccc(F)c(Cl)c1)c1ccsc1. The van der Waals surface area contributed by atoms with Gasteiger partial charge in [-0.1, -0.05) is 11.6 Å². The molecule has 0 spiro atoms. The van der Waals surface area contributed by atoms with E-state index < -0.39 is 5.82 Å².